The minimum absolute atomic E-state index is 0.0101. The molecule has 0 unspecified atom stereocenters. The van der Waals surface area contributed by atoms with E-state index >= 15 is 0 Å². The molecule has 8 atom stereocenters. The van der Waals surface area contributed by atoms with Crippen LogP contribution in [0.15, 0.2) is 0 Å². The molecule has 0 heterocycles. The minimum Gasteiger partial charge on any atom is -0.463 e. The van der Waals surface area contributed by atoms with Gasteiger partial charge in [-0.25, -0.2) is 0 Å². The molecule has 5 heteroatoms. The highest BCUT2D eigenvalue weighted by Gasteiger charge is 2.64. The Morgan fingerprint density at radius 1 is 0.929 bits per heavy atom. The molecule has 0 bridgehead atoms. The predicted octanol–water partition coefficient (Wildman–Crippen LogP) is 4.07. The summed E-state index contributed by atoms with van der Waals surface area (Å²) in [5.41, 5.74) is -0.195. The molecule has 0 aliphatic heterocycles. The molecular weight excluding hydrogens is 356 g/mol. The minimum atomic E-state index is -0.235. The average Bonchev–Trinajstić information content (AvgIpc) is 2.90. The van der Waals surface area contributed by atoms with Gasteiger partial charge < -0.3 is 9.47 Å². The van der Waals surface area contributed by atoms with E-state index in [1.54, 1.807) is 0 Å². The van der Waals surface area contributed by atoms with Crippen molar-refractivity contribution in [2.45, 2.75) is 91.3 Å². The molecule has 5 nitrogen and oxygen atoms in total. The van der Waals surface area contributed by atoms with E-state index in [-0.39, 0.29) is 40.9 Å². The van der Waals surface area contributed by atoms with Crippen molar-refractivity contribution in [1.82, 2.24) is 0 Å². The van der Waals surface area contributed by atoms with E-state index in [0.29, 0.717) is 30.0 Å². The van der Waals surface area contributed by atoms with E-state index in [0.717, 1.165) is 44.9 Å². The van der Waals surface area contributed by atoms with Crippen molar-refractivity contribution in [1.29, 1.82) is 0 Å². The lowest BCUT2D eigenvalue weighted by Crippen LogP contribution is -2.58. The van der Waals surface area contributed by atoms with Crippen LogP contribution in [0.1, 0.15) is 79.1 Å². The smallest absolute Gasteiger partial charge is 0.302 e. The fourth-order valence-corrected chi connectivity index (χ4v) is 7.73. The lowest BCUT2D eigenvalue weighted by Gasteiger charge is -2.59. The zero-order valence-corrected chi connectivity index (χ0v) is 17.7. The van der Waals surface area contributed by atoms with E-state index in [2.05, 4.69) is 13.8 Å². The molecule has 4 aliphatic carbocycles. The summed E-state index contributed by atoms with van der Waals surface area (Å²) in [6.07, 6.45) is 7.24. The van der Waals surface area contributed by atoms with Crippen molar-refractivity contribution in [2.24, 2.45) is 34.5 Å². The Balaban J connectivity index is 1.57. The molecule has 0 spiro atoms. The Morgan fingerprint density at radius 3 is 2.32 bits per heavy atom. The summed E-state index contributed by atoms with van der Waals surface area (Å²) in [6.45, 7) is 7.45. The van der Waals surface area contributed by atoms with Crippen molar-refractivity contribution < 1.29 is 23.9 Å². The van der Waals surface area contributed by atoms with Gasteiger partial charge in [0.05, 0.1) is 0 Å². The lowest BCUT2D eigenvalue weighted by molar-refractivity contribution is -0.175. The summed E-state index contributed by atoms with van der Waals surface area (Å²) in [6, 6.07) is 0. The third-order valence-electron chi connectivity index (χ3n) is 8.85. The van der Waals surface area contributed by atoms with Crippen LogP contribution in [0.4, 0.5) is 0 Å². The molecule has 0 aromatic carbocycles. The topological polar surface area (TPSA) is 69.7 Å². The maximum atomic E-state index is 13.5. The van der Waals surface area contributed by atoms with Crippen LogP contribution >= 0.6 is 0 Å². The summed E-state index contributed by atoms with van der Waals surface area (Å²) < 4.78 is 11.2. The number of esters is 2. The molecule has 0 amide bonds. The van der Waals surface area contributed by atoms with Gasteiger partial charge in [-0.1, -0.05) is 13.8 Å². The standard InChI is InChI=1S/C23H34O5/c1-13(24)27-16-9-10-22(3)15(11-16)5-6-17-18-7-8-20(28-14(2)25)23(18,4)12-19(26)21(17)22/h15-18,20-21H,5-12H2,1-4H3/t15-,16+,17-,18-,20+,21+,22-,23-/m0/s1. The van der Waals surface area contributed by atoms with E-state index < -0.39 is 0 Å². The molecule has 4 rings (SSSR count). The number of ketones is 1. The summed E-state index contributed by atoms with van der Waals surface area (Å²) >= 11 is 0. The molecule has 4 aliphatic rings. The molecule has 0 radical (unpaired) electrons. The largest absolute Gasteiger partial charge is 0.463 e. The molecule has 0 aromatic rings. The molecule has 4 saturated carbocycles. The highest BCUT2D eigenvalue weighted by Crippen LogP contribution is 2.65. The molecule has 28 heavy (non-hydrogen) atoms. The van der Waals surface area contributed by atoms with Gasteiger partial charge in [0.15, 0.2) is 0 Å². The third kappa shape index (κ3) is 3.00. The number of carbonyl (C=O) groups excluding carboxylic acids is 3. The predicted molar refractivity (Wildman–Crippen MR) is 103 cm³/mol. The van der Waals surface area contributed by atoms with Gasteiger partial charge in [-0.05, 0) is 68.1 Å². The monoisotopic (exact) mass is 390 g/mol. The van der Waals surface area contributed by atoms with Crippen LogP contribution in [0, 0.1) is 34.5 Å². The van der Waals surface area contributed by atoms with Gasteiger partial charge in [0.2, 0.25) is 0 Å². The van der Waals surface area contributed by atoms with E-state index in [4.69, 9.17) is 9.47 Å². The van der Waals surface area contributed by atoms with Gasteiger partial charge in [0, 0.05) is 31.6 Å². The fraction of sp³-hybridized carbons (Fsp3) is 0.870. The summed E-state index contributed by atoms with van der Waals surface area (Å²) in [5.74, 6) is 1.36. The quantitative estimate of drug-likeness (QED) is 0.665. The first-order valence-corrected chi connectivity index (χ1v) is 11.0. The highest BCUT2D eigenvalue weighted by atomic mass is 16.5. The Hall–Kier alpha value is -1.39. The van der Waals surface area contributed by atoms with Crippen molar-refractivity contribution in [3.8, 4) is 0 Å². The van der Waals surface area contributed by atoms with Gasteiger partial charge in [0.1, 0.15) is 18.0 Å². The van der Waals surface area contributed by atoms with Gasteiger partial charge in [-0.3, -0.25) is 14.4 Å². The van der Waals surface area contributed by atoms with Gasteiger partial charge >= 0.3 is 11.9 Å². The number of Topliss-reactive ketones (excluding diaryl/α,β-unsaturated/α-hetero) is 1. The molecule has 156 valence electrons. The fourth-order valence-electron chi connectivity index (χ4n) is 7.73. The van der Waals surface area contributed by atoms with E-state index in [1.807, 2.05) is 0 Å². The van der Waals surface area contributed by atoms with Crippen LogP contribution in [0.5, 0.6) is 0 Å². The molecule has 4 fully saturated rings. The molecule has 0 aromatic heterocycles. The van der Waals surface area contributed by atoms with Crippen LogP contribution in [0.2, 0.25) is 0 Å². The van der Waals surface area contributed by atoms with Crippen LogP contribution in [-0.4, -0.2) is 29.9 Å². The summed E-state index contributed by atoms with van der Waals surface area (Å²) in [5, 5.41) is 0. The zero-order chi connectivity index (χ0) is 20.3. The SMILES string of the molecule is CC(=O)O[C@@H]1CC[C@@]2(C)[C@@H](CC[C@H]3[C@@H]4CC[C@@H](OC(C)=O)[C@@]4(C)CC(=O)[C@@H]32)C1. The summed E-state index contributed by atoms with van der Waals surface area (Å²) in [7, 11) is 0. The van der Waals surface area contributed by atoms with Crippen molar-refractivity contribution >= 4 is 17.7 Å². The number of fused-ring (bicyclic) bond motifs is 5. The first-order valence-electron chi connectivity index (χ1n) is 11.0. The molecular formula is C23H34O5. The number of ether oxygens (including phenoxy) is 2. The second-order valence-electron chi connectivity index (χ2n) is 10.4. The highest BCUT2D eigenvalue weighted by molar-refractivity contribution is 5.84. The normalized spacial score (nSPS) is 47.5. The number of hydrogen-bond donors (Lipinski definition) is 0. The summed E-state index contributed by atoms with van der Waals surface area (Å²) in [4.78, 5) is 36.5. The van der Waals surface area contributed by atoms with Crippen LogP contribution in [0.25, 0.3) is 0 Å². The Bertz CT molecular complexity index is 686. The third-order valence-corrected chi connectivity index (χ3v) is 8.85. The van der Waals surface area contributed by atoms with Crippen LogP contribution in [0.3, 0.4) is 0 Å². The Kier molecular flexibility index (Phi) is 4.86. The zero-order valence-electron chi connectivity index (χ0n) is 17.7. The Morgan fingerprint density at radius 2 is 1.64 bits per heavy atom. The average molecular weight is 391 g/mol. The molecule has 0 N–H and O–H groups in total. The first kappa shape index (κ1) is 19.9. The van der Waals surface area contributed by atoms with E-state index in [9.17, 15) is 14.4 Å². The van der Waals surface area contributed by atoms with E-state index in [1.165, 1.54) is 13.8 Å². The Labute approximate surface area is 167 Å². The van der Waals surface area contributed by atoms with Gasteiger partial charge in [-0.15, -0.1) is 0 Å². The lowest BCUT2D eigenvalue weighted by atomic mass is 9.44. The van der Waals surface area contributed by atoms with Crippen molar-refractivity contribution in [3.63, 3.8) is 0 Å². The van der Waals surface area contributed by atoms with Crippen LogP contribution < -0.4 is 0 Å². The first-order chi connectivity index (χ1) is 13.1. The van der Waals surface area contributed by atoms with Gasteiger partial charge in [0.25, 0.3) is 0 Å². The second kappa shape index (κ2) is 6.84. The maximum Gasteiger partial charge on any atom is 0.302 e. The molecule has 0 saturated heterocycles. The number of rotatable bonds is 2. The van der Waals surface area contributed by atoms with Crippen molar-refractivity contribution in [2.75, 3.05) is 0 Å². The maximum absolute atomic E-state index is 13.5. The van der Waals surface area contributed by atoms with Gasteiger partial charge in [-0.2, -0.15) is 0 Å². The van der Waals surface area contributed by atoms with Crippen molar-refractivity contribution in [3.05, 3.63) is 0 Å². The number of carbonyl (C=O) groups is 3. The van der Waals surface area contributed by atoms with Crippen LogP contribution in [-0.2, 0) is 23.9 Å². The second-order valence-corrected chi connectivity index (χ2v) is 10.4. The number of hydrogen-bond acceptors (Lipinski definition) is 5.